The molecule has 1 saturated carbocycles. The van der Waals surface area contributed by atoms with Crippen molar-refractivity contribution in [3.8, 4) is 0 Å². The van der Waals surface area contributed by atoms with Gasteiger partial charge in [-0.2, -0.15) is 5.01 Å². The van der Waals surface area contributed by atoms with Crippen molar-refractivity contribution in [1.29, 1.82) is 0 Å². The Morgan fingerprint density at radius 1 is 1.24 bits per heavy atom. The molecule has 1 N–H and O–H groups in total. The van der Waals surface area contributed by atoms with Crippen molar-refractivity contribution < 1.29 is 14.9 Å². The highest BCUT2D eigenvalue weighted by Crippen LogP contribution is 2.24. The molecule has 21 heavy (non-hydrogen) atoms. The Labute approximate surface area is 122 Å². The third-order valence-corrected chi connectivity index (χ3v) is 3.71. The first-order valence-electron chi connectivity index (χ1n) is 7.07. The highest BCUT2D eigenvalue weighted by atomic mass is 16.7. The van der Waals surface area contributed by atoms with E-state index < -0.39 is 11.1 Å². The largest absolute Gasteiger partial charge is 0.464 e. The molecular formula is C14H19N3O4. The maximum absolute atomic E-state index is 11.5. The van der Waals surface area contributed by atoms with Crippen LogP contribution in [0.3, 0.4) is 0 Å². The van der Waals surface area contributed by atoms with Gasteiger partial charge in [0, 0.05) is 0 Å². The van der Waals surface area contributed by atoms with Gasteiger partial charge in [-0.15, -0.1) is 0 Å². The van der Waals surface area contributed by atoms with Gasteiger partial charge in [0.2, 0.25) is 0 Å². The topological polar surface area (TPSA) is 86.9 Å². The Morgan fingerprint density at radius 2 is 1.86 bits per heavy atom. The van der Waals surface area contributed by atoms with Crippen molar-refractivity contribution in [2.24, 2.45) is 0 Å². The smallest absolute Gasteiger partial charge is 0.430 e. The molecule has 7 nitrogen and oxygen atoms in total. The molecule has 114 valence electrons. The molecule has 0 atom stereocenters. The van der Waals surface area contributed by atoms with Crippen LogP contribution in [-0.2, 0) is 6.54 Å². The van der Waals surface area contributed by atoms with Crippen LogP contribution in [0.5, 0.6) is 0 Å². The zero-order valence-electron chi connectivity index (χ0n) is 11.7. The Bertz CT molecular complexity index is 488. The third-order valence-electron chi connectivity index (χ3n) is 3.71. The Kier molecular flexibility index (Phi) is 4.97. The fourth-order valence-corrected chi connectivity index (χ4v) is 2.71. The minimum absolute atomic E-state index is 0.0202. The Hall–Kier alpha value is -2.31. The standard InChI is InChI=1S/C14H19N3O4/c18-14(19)15(11-12-7-3-1-4-8-12)16(17(20)21)13-9-5-2-6-10-13/h1,3-4,7-8,13H,2,5-6,9-11H2,(H,18,19). The van der Waals surface area contributed by atoms with E-state index in [4.69, 9.17) is 0 Å². The van der Waals surface area contributed by atoms with Crippen LogP contribution in [0.1, 0.15) is 37.7 Å². The second-order valence-electron chi connectivity index (χ2n) is 5.18. The van der Waals surface area contributed by atoms with Gasteiger partial charge in [-0.05, 0) is 23.5 Å². The molecule has 0 radical (unpaired) electrons. The number of hydrazine groups is 2. The molecule has 2 rings (SSSR count). The van der Waals surface area contributed by atoms with Gasteiger partial charge in [-0.3, -0.25) is 0 Å². The van der Waals surface area contributed by atoms with Gasteiger partial charge < -0.3 is 5.11 Å². The van der Waals surface area contributed by atoms with E-state index in [1.165, 1.54) is 0 Å². The number of hydrogen-bond acceptors (Lipinski definition) is 3. The summed E-state index contributed by atoms with van der Waals surface area (Å²) < 4.78 is 0. The molecule has 0 unspecified atom stereocenters. The van der Waals surface area contributed by atoms with Crippen molar-refractivity contribution in [2.75, 3.05) is 0 Å². The number of benzene rings is 1. The first-order valence-corrected chi connectivity index (χ1v) is 7.07. The van der Waals surface area contributed by atoms with Crippen LogP contribution in [0, 0.1) is 10.1 Å². The van der Waals surface area contributed by atoms with Crippen molar-refractivity contribution >= 4 is 6.09 Å². The molecule has 0 saturated heterocycles. The molecule has 0 heterocycles. The molecule has 1 aromatic rings. The van der Waals surface area contributed by atoms with E-state index in [1.807, 2.05) is 6.07 Å². The molecular weight excluding hydrogens is 274 g/mol. The summed E-state index contributed by atoms with van der Waals surface area (Å²) in [5.41, 5.74) is 0.725. The SMILES string of the molecule is O=C(O)N(Cc1ccccc1)N(C1CCCCC1)[N+](=O)[O-]. The molecule has 1 amide bonds. The van der Waals surface area contributed by atoms with Crippen molar-refractivity contribution in [3.05, 3.63) is 46.0 Å². The summed E-state index contributed by atoms with van der Waals surface area (Å²) in [6.45, 7) is -0.0202. The van der Waals surface area contributed by atoms with Crippen LogP contribution < -0.4 is 0 Å². The molecule has 1 aromatic carbocycles. The maximum atomic E-state index is 11.5. The number of amides is 1. The summed E-state index contributed by atoms with van der Waals surface area (Å²) in [6, 6.07) is 8.55. The molecule has 1 aliphatic rings. The summed E-state index contributed by atoms with van der Waals surface area (Å²) in [5.74, 6) is 0. The normalized spacial score (nSPS) is 15.4. The van der Waals surface area contributed by atoms with E-state index in [1.54, 1.807) is 24.3 Å². The van der Waals surface area contributed by atoms with E-state index in [0.717, 1.165) is 35.0 Å². The molecule has 7 heteroatoms. The lowest BCUT2D eigenvalue weighted by atomic mass is 9.96. The van der Waals surface area contributed by atoms with Gasteiger partial charge >= 0.3 is 6.09 Å². The second-order valence-corrected chi connectivity index (χ2v) is 5.18. The molecule has 0 aliphatic heterocycles. The monoisotopic (exact) mass is 293 g/mol. The predicted octanol–water partition coefficient (Wildman–Crippen LogP) is 2.91. The van der Waals surface area contributed by atoms with E-state index >= 15 is 0 Å². The highest BCUT2D eigenvalue weighted by Gasteiger charge is 2.36. The van der Waals surface area contributed by atoms with Crippen LogP contribution in [0.15, 0.2) is 30.3 Å². The van der Waals surface area contributed by atoms with Crippen LogP contribution in [0.2, 0.25) is 0 Å². The fourth-order valence-electron chi connectivity index (χ4n) is 2.71. The highest BCUT2D eigenvalue weighted by molar-refractivity contribution is 5.64. The third kappa shape index (κ3) is 3.84. The van der Waals surface area contributed by atoms with Crippen LogP contribution in [0.25, 0.3) is 0 Å². The Balaban J connectivity index is 2.20. The van der Waals surface area contributed by atoms with Gasteiger partial charge in [-0.25, -0.2) is 14.9 Å². The molecule has 0 aromatic heterocycles. The number of nitro groups is 1. The van der Waals surface area contributed by atoms with Gasteiger partial charge in [0.15, 0.2) is 5.03 Å². The summed E-state index contributed by atoms with van der Waals surface area (Å²) >= 11 is 0. The van der Waals surface area contributed by atoms with Crippen LogP contribution >= 0.6 is 0 Å². The first-order chi connectivity index (χ1) is 10.1. The fraction of sp³-hybridized carbons (Fsp3) is 0.500. The Morgan fingerprint density at radius 3 is 2.38 bits per heavy atom. The minimum atomic E-state index is -1.30. The molecule has 0 spiro atoms. The van der Waals surface area contributed by atoms with Crippen molar-refractivity contribution in [1.82, 2.24) is 10.1 Å². The maximum Gasteiger partial charge on any atom is 0.430 e. The van der Waals surface area contributed by atoms with Crippen molar-refractivity contribution in [3.63, 3.8) is 0 Å². The van der Waals surface area contributed by atoms with Gasteiger partial charge in [0.1, 0.15) is 6.04 Å². The minimum Gasteiger partial charge on any atom is -0.464 e. The van der Waals surface area contributed by atoms with Gasteiger partial charge in [0.25, 0.3) is 0 Å². The summed E-state index contributed by atoms with van der Waals surface area (Å²) in [5, 5.41) is 21.7. The van der Waals surface area contributed by atoms with E-state index in [-0.39, 0.29) is 12.6 Å². The molecule has 1 aliphatic carbocycles. The first kappa shape index (κ1) is 15.1. The van der Waals surface area contributed by atoms with Gasteiger partial charge in [-0.1, -0.05) is 49.6 Å². The van der Waals surface area contributed by atoms with Crippen molar-refractivity contribution in [2.45, 2.75) is 44.7 Å². The zero-order valence-corrected chi connectivity index (χ0v) is 11.7. The number of rotatable bonds is 5. The van der Waals surface area contributed by atoms with E-state index in [2.05, 4.69) is 0 Å². The quantitative estimate of drug-likeness (QED) is 0.666. The lowest BCUT2D eigenvalue weighted by molar-refractivity contribution is -0.704. The predicted molar refractivity (Wildman–Crippen MR) is 75.7 cm³/mol. The number of carbonyl (C=O) groups is 1. The average Bonchev–Trinajstić information content (AvgIpc) is 2.48. The van der Waals surface area contributed by atoms with Gasteiger partial charge in [0.05, 0.1) is 6.54 Å². The summed E-state index contributed by atoms with van der Waals surface area (Å²) in [7, 11) is 0. The number of nitrogens with zero attached hydrogens (tertiary/aromatic N) is 3. The summed E-state index contributed by atoms with van der Waals surface area (Å²) in [4.78, 5) is 22.8. The van der Waals surface area contributed by atoms with E-state index in [9.17, 15) is 20.0 Å². The average molecular weight is 293 g/mol. The van der Waals surface area contributed by atoms with Crippen LogP contribution in [0.4, 0.5) is 4.79 Å². The van der Waals surface area contributed by atoms with Crippen LogP contribution in [-0.4, -0.2) is 32.4 Å². The number of carboxylic acid groups (broad SMARTS) is 1. The lowest BCUT2D eigenvalue weighted by Crippen LogP contribution is -2.54. The zero-order chi connectivity index (χ0) is 15.2. The number of hydrogen-bond donors (Lipinski definition) is 1. The molecule has 1 fully saturated rings. The molecule has 0 bridgehead atoms. The van der Waals surface area contributed by atoms with E-state index in [0.29, 0.717) is 12.8 Å². The lowest BCUT2D eigenvalue weighted by Gasteiger charge is -2.33. The summed E-state index contributed by atoms with van der Waals surface area (Å²) in [6.07, 6.45) is 2.84. The second kappa shape index (κ2) is 6.92.